The average Bonchev–Trinajstić information content (AvgIpc) is 3.04. The van der Waals surface area contributed by atoms with E-state index in [9.17, 15) is 14.7 Å². The number of aryl methyl sites for hydroxylation is 1. The van der Waals surface area contributed by atoms with E-state index in [4.69, 9.17) is 10.5 Å². The van der Waals surface area contributed by atoms with E-state index in [2.05, 4.69) is 10.3 Å². The maximum atomic E-state index is 12.0. The number of fused-ring (bicyclic) bond motifs is 1. The SMILES string of the molecule is Cl.NCCCc1c(C(=O)O)[nH]c2ccc(NC(=O)OCc3ccccc3)cc12. The number of anilines is 1. The van der Waals surface area contributed by atoms with Crippen LogP contribution in [-0.2, 0) is 17.8 Å². The van der Waals surface area contributed by atoms with Gasteiger partial charge in [0.25, 0.3) is 0 Å². The molecule has 1 heterocycles. The van der Waals surface area contributed by atoms with Gasteiger partial charge in [-0.05, 0) is 48.7 Å². The third-order valence-corrected chi connectivity index (χ3v) is 4.21. The number of rotatable bonds is 7. The smallest absolute Gasteiger partial charge is 0.411 e. The number of hydrogen-bond acceptors (Lipinski definition) is 4. The fourth-order valence-corrected chi connectivity index (χ4v) is 2.92. The number of halogens is 1. The zero-order valence-corrected chi connectivity index (χ0v) is 15.9. The molecule has 0 saturated carbocycles. The summed E-state index contributed by atoms with van der Waals surface area (Å²) in [5.74, 6) is -1.02. The van der Waals surface area contributed by atoms with Crippen LogP contribution in [0.5, 0.6) is 0 Å². The maximum absolute atomic E-state index is 12.0. The second kappa shape index (κ2) is 9.77. The lowest BCUT2D eigenvalue weighted by molar-refractivity contribution is 0.0690. The molecule has 148 valence electrons. The predicted octanol–water partition coefficient (Wildman–Crippen LogP) is 3.93. The zero-order chi connectivity index (χ0) is 19.2. The molecule has 28 heavy (non-hydrogen) atoms. The minimum absolute atomic E-state index is 0. The molecule has 0 radical (unpaired) electrons. The van der Waals surface area contributed by atoms with Crippen molar-refractivity contribution in [1.29, 1.82) is 0 Å². The van der Waals surface area contributed by atoms with Crippen LogP contribution in [0.1, 0.15) is 28.0 Å². The van der Waals surface area contributed by atoms with Crippen molar-refractivity contribution in [2.24, 2.45) is 5.73 Å². The molecule has 1 amide bonds. The third kappa shape index (κ3) is 5.03. The number of benzene rings is 2. The van der Waals surface area contributed by atoms with Crippen molar-refractivity contribution in [2.75, 3.05) is 11.9 Å². The molecule has 0 unspecified atom stereocenters. The molecule has 7 nitrogen and oxygen atoms in total. The normalized spacial score (nSPS) is 10.3. The van der Waals surface area contributed by atoms with Crippen LogP contribution < -0.4 is 11.1 Å². The molecule has 5 N–H and O–H groups in total. The Morgan fingerprint density at radius 1 is 1.14 bits per heavy atom. The van der Waals surface area contributed by atoms with E-state index in [1.807, 2.05) is 30.3 Å². The van der Waals surface area contributed by atoms with E-state index in [1.54, 1.807) is 18.2 Å². The van der Waals surface area contributed by atoms with Crippen molar-refractivity contribution in [1.82, 2.24) is 4.98 Å². The lowest BCUT2D eigenvalue weighted by Crippen LogP contribution is -2.13. The van der Waals surface area contributed by atoms with Gasteiger partial charge in [0.2, 0.25) is 0 Å². The lowest BCUT2D eigenvalue weighted by atomic mass is 10.0. The zero-order valence-electron chi connectivity index (χ0n) is 15.1. The van der Waals surface area contributed by atoms with Gasteiger partial charge in [0.05, 0.1) is 0 Å². The van der Waals surface area contributed by atoms with Gasteiger partial charge in [-0.15, -0.1) is 12.4 Å². The summed E-state index contributed by atoms with van der Waals surface area (Å²) in [6.45, 7) is 0.638. The number of carbonyl (C=O) groups excluding carboxylic acids is 1. The molecular formula is C20H22ClN3O4. The van der Waals surface area contributed by atoms with Crippen LogP contribution >= 0.6 is 12.4 Å². The summed E-state index contributed by atoms with van der Waals surface area (Å²) in [6, 6.07) is 14.6. The van der Waals surface area contributed by atoms with Crippen LogP contribution in [0.2, 0.25) is 0 Å². The highest BCUT2D eigenvalue weighted by atomic mass is 35.5. The minimum atomic E-state index is -1.02. The average molecular weight is 404 g/mol. The van der Waals surface area contributed by atoms with E-state index in [0.717, 1.165) is 10.9 Å². The first-order valence-electron chi connectivity index (χ1n) is 8.64. The summed E-state index contributed by atoms with van der Waals surface area (Å²) < 4.78 is 5.21. The number of nitrogens with two attached hydrogens (primary N) is 1. The van der Waals surface area contributed by atoms with Crippen molar-refractivity contribution in [3.63, 3.8) is 0 Å². The van der Waals surface area contributed by atoms with Gasteiger partial charge < -0.3 is 20.6 Å². The summed E-state index contributed by atoms with van der Waals surface area (Å²) >= 11 is 0. The number of amides is 1. The number of nitrogens with one attached hydrogen (secondary N) is 2. The first-order valence-corrected chi connectivity index (χ1v) is 8.64. The molecule has 1 aromatic heterocycles. The topological polar surface area (TPSA) is 117 Å². The Kier molecular flexibility index (Phi) is 7.43. The molecule has 0 fully saturated rings. The lowest BCUT2D eigenvalue weighted by Gasteiger charge is -2.08. The van der Waals surface area contributed by atoms with Crippen LogP contribution in [0.4, 0.5) is 10.5 Å². The number of carbonyl (C=O) groups is 2. The molecule has 0 aliphatic heterocycles. The van der Waals surface area contributed by atoms with Gasteiger partial charge in [-0.1, -0.05) is 30.3 Å². The monoisotopic (exact) mass is 403 g/mol. The van der Waals surface area contributed by atoms with Crippen molar-refractivity contribution in [2.45, 2.75) is 19.4 Å². The number of aromatic amines is 1. The highest BCUT2D eigenvalue weighted by molar-refractivity contribution is 5.99. The quantitative estimate of drug-likeness (QED) is 0.476. The van der Waals surface area contributed by atoms with Crippen LogP contribution in [-0.4, -0.2) is 28.7 Å². The van der Waals surface area contributed by atoms with Crippen molar-refractivity contribution < 1.29 is 19.4 Å². The standard InChI is InChI=1S/C20H21N3O4.ClH/c21-10-4-7-15-16-11-14(8-9-17(16)23-18(15)19(24)25)22-20(26)27-12-13-5-2-1-3-6-13;/h1-3,5-6,8-9,11,23H,4,7,10,12,21H2,(H,22,26)(H,24,25);1H. The molecule has 0 atom stereocenters. The molecule has 3 rings (SSSR count). The molecule has 0 aliphatic carbocycles. The first-order chi connectivity index (χ1) is 13.1. The fraction of sp³-hybridized carbons (Fsp3) is 0.200. The molecule has 0 saturated heterocycles. The highest BCUT2D eigenvalue weighted by Gasteiger charge is 2.17. The Labute approximate surface area is 168 Å². The van der Waals surface area contributed by atoms with Gasteiger partial charge in [0, 0.05) is 16.6 Å². The van der Waals surface area contributed by atoms with E-state index in [0.29, 0.717) is 36.2 Å². The number of H-pyrrole nitrogens is 1. The summed E-state index contributed by atoms with van der Waals surface area (Å²) in [5.41, 5.74) is 8.52. The maximum Gasteiger partial charge on any atom is 0.411 e. The minimum Gasteiger partial charge on any atom is -0.477 e. The van der Waals surface area contributed by atoms with Crippen LogP contribution in [0.15, 0.2) is 48.5 Å². The molecular weight excluding hydrogens is 382 g/mol. The Morgan fingerprint density at radius 2 is 1.89 bits per heavy atom. The summed E-state index contributed by atoms with van der Waals surface area (Å²) in [5, 5.41) is 12.8. The van der Waals surface area contributed by atoms with Crippen LogP contribution in [0, 0.1) is 0 Å². The fourth-order valence-electron chi connectivity index (χ4n) is 2.92. The van der Waals surface area contributed by atoms with E-state index in [1.165, 1.54) is 0 Å². The Balaban J connectivity index is 0.00000280. The molecule has 0 bridgehead atoms. The summed E-state index contributed by atoms with van der Waals surface area (Å²) in [4.78, 5) is 26.4. The van der Waals surface area contributed by atoms with Gasteiger partial charge in [0.15, 0.2) is 0 Å². The highest BCUT2D eigenvalue weighted by Crippen LogP contribution is 2.27. The second-order valence-corrected chi connectivity index (χ2v) is 6.12. The largest absolute Gasteiger partial charge is 0.477 e. The molecule has 0 spiro atoms. The molecule has 3 aromatic rings. The summed E-state index contributed by atoms with van der Waals surface area (Å²) in [6.07, 6.45) is 0.639. The molecule has 0 aliphatic rings. The van der Waals surface area contributed by atoms with Gasteiger partial charge in [-0.25, -0.2) is 9.59 Å². The van der Waals surface area contributed by atoms with Gasteiger partial charge in [0.1, 0.15) is 12.3 Å². The number of carboxylic acids is 1. The van der Waals surface area contributed by atoms with E-state index in [-0.39, 0.29) is 24.7 Å². The van der Waals surface area contributed by atoms with Gasteiger partial charge >= 0.3 is 12.1 Å². The first kappa shape index (κ1) is 21.3. The van der Waals surface area contributed by atoms with E-state index < -0.39 is 12.1 Å². The van der Waals surface area contributed by atoms with E-state index >= 15 is 0 Å². The Bertz CT molecular complexity index is 957. The Morgan fingerprint density at radius 3 is 2.57 bits per heavy atom. The predicted molar refractivity (Wildman–Crippen MR) is 110 cm³/mol. The molecule has 8 heteroatoms. The summed E-state index contributed by atoms with van der Waals surface area (Å²) in [7, 11) is 0. The second-order valence-electron chi connectivity index (χ2n) is 6.12. The van der Waals surface area contributed by atoms with Gasteiger partial charge in [-0.2, -0.15) is 0 Å². The van der Waals surface area contributed by atoms with Crippen LogP contribution in [0.3, 0.4) is 0 Å². The number of aromatic carboxylic acids is 1. The van der Waals surface area contributed by atoms with Crippen molar-refractivity contribution >= 4 is 41.1 Å². The van der Waals surface area contributed by atoms with Crippen molar-refractivity contribution in [3.8, 4) is 0 Å². The molecule has 2 aromatic carbocycles. The number of ether oxygens (including phenoxy) is 1. The third-order valence-electron chi connectivity index (χ3n) is 4.21. The Hall–Kier alpha value is -3.03. The number of hydrogen-bond donors (Lipinski definition) is 4. The van der Waals surface area contributed by atoms with Gasteiger partial charge in [-0.3, -0.25) is 5.32 Å². The number of carboxylic acid groups (broad SMARTS) is 1. The van der Waals surface area contributed by atoms with Crippen LogP contribution in [0.25, 0.3) is 10.9 Å². The number of aromatic nitrogens is 1. The van der Waals surface area contributed by atoms with Crippen molar-refractivity contribution in [3.05, 3.63) is 65.4 Å².